The third kappa shape index (κ3) is 5.66. The first kappa shape index (κ1) is 20.6. The summed E-state index contributed by atoms with van der Waals surface area (Å²) < 4.78 is 7.24. The Labute approximate surface area is 181 Å². The molecular formula is C18H14Br2N4O3S. The summed E-state index contributed by atoms with van der Waals surface area (Å²) in [6.07, 6.45) is 0. The van der Waals surface area contributed by atoms with E-state index in [4.69, 9.17) is 4.42 Å². The summed E-state index contributed by atoms with van der Waals surface area (Å²) in [6.45, 7) is 1.45. The number of rotatable bonds is 6. The Morgan fingerprint density at radius 2 is 1.82 bits per heavy atom. The van der Waals surface area contributed by atoms with Crippen LogP contribution in [-0.4, -0.2) is 27.8 Å². The molecule has 1 heterocycles. The zero-order chi connectivity index (χ0) is 20.1. The van der Waals surface area contributed by atoms with E-state index in [2.05, 4.69) is 52.7 Å². The van der Waals surface area contributed by atoms with Crippen molar-refractivity contribution in [1.82, 2.24) is 10.2 Å². The number of amides is 2. The first-order valence-electron chi connectivity index (χ1n) is 8.00. The summed E-state index contributed by atoms with van der Waals surface area (Å²) in [4.78, 5) is 23.2. The number of carbonyl (C=O) groups is 2. The summed E-state index contributed by atoms with van der Waals surface area (Å²) in [7, 11) is 0. The van der Waals surface area contributed by atoms with Crippen LogP contribution in [0.5, 0.6) is 0 Å². The standard InChI is InChI=1S/C18H14Br2N4O3S/c1-10(25)21-13-5-2-11(3-6-13)17-23-24-18(27-17)28-9-16(26)22-15-8-12(19)4-7-14(15)20/h2-8H,9H2,1H3,(H,21,25)(H,22,26). The Morgan fingerprint density at radius 1 is 1.07 bits per heavy atom. The number of aromatic nitrogens is 2. The minimum absolute atomic E-state index is 0.127. The van der Waals surface area contributed by atoms with Crippen LogP contribution in [0, 0.1) is 0 Å². The van der Waals surface area contributed by atoms with E-state index in [1.807, 2.05) is 18.2 Å². The summed E-state index contributed by atoms with van der Waals surface area (Å²) >= 11 is 7.92. The van der Waals surface area contributed by atoms with E-state index >= 15 is 0 Å². The maximum atomic E-state index is 12.2. The first-order chi connectivity index (χ1) is 13.4. The molecule has 2 amide bonds. The number of hydrogen-bond donors (Lipinski definition) is 2. The van der Waals surface area contributed by atoms with Crippen LogP contribution in [0.4, 0.5) is 11.4 Å². The quantitative estimate of drug-likeness (QED) is 0.442. The maximum absolute atomic E-state index is 12.2. The molecule has 0 spiro atoms. The van der Waals surface area contributed by atoms with Crippen LogP contribution >= 0.6 is 43.6 Å². The number of benzene rings is 2. The molecule has 0 saturated carbocycles. The molecule has 0 fully saturated rings. The average molecular weight is 526 g/mol. The highest BCUT2D eigenvalue weighted by molar-refractivity contribution is 9.11. The molecule has 1 aromatic heterocycles. The Bertz CT molecular complexity index is 1010. The van der Waals surface area contributed by atoms with Crippen molar-refractivity contribution < 1.29 is 14.0 Å². The molecule has 7 nitrogen and oxygen atoms in total. The summed E-state index contributed by atoms with van der Waals surface area (Å²) in [5, 5.41) is 13.8. The van der Waals surface area contributed by atoms with E-state index in [1.54, 1.807) is 24.3 Å². The fourth-order valence-electron chi connectivity index (χ4n) is 2.19. The lowest BCUT2D eigenvalue weighted by molar-refractivity contribution is -0.114. The smallest absolute Gasteiger partial charge is 0.277 e. The highest BCUT2D eigenvalue weighted by Crippen LogP contribution is 2.27. The van der Waals surface area contributed by atoms with Crippen molar-refractivity contribution in [2.45, 2.75) is 12.1 Å². The lowest BCUT2D eigenvalue weighted by Gasteiger charge is -2.07. The van der Waals surface area contributed by atoms with Crippen molar-refractivity contribution in [3.8, 4) is 11.5 Å². The Kier molecular flexibility index (Phi) is 6.87. The van der Waals surface area contributed by atoms with Gasteiger partial charge >= 0.3 is 0 Å². The third-order valence-corrected chi connectivity index (χ3v) is 5.39. The monoisotopic (exact) mass is 524 g/mol. The maximum Gasteiger partial charge on any atom is 0.277 e. The van der Waals surface area contributed by atoms with E-state index in [0.717, 1.165) is 26.3 Å². The predicted molar refractivity (Wildman–Crippen MR) is 115 cm³/mol. The third-order valence-electron chi connectivity index (χ3n) is 3.39. The molecule has 144 valence electrons. The second kappa shape index (κ2) is 9.35. The van der Waals surface area contributed by atoms with Crippen LogP contribution in [-0.2, 0) is 9.59 Å². The number of thioether (sulfide) groups is 1. The van der Waals surface area contributed by atoms with Crippen molar-refractivity contribution in [2.75, 3.05) is 16.4 Å². The van der Waals surface area contributed by atoms with Gasteiger partial charge in [-0.3, -0.25) is 9.59 Å². The van der Waals surface area contributed by atoms with Crippen LogP contribution in [0.15, 0.2) is 61.0 Å². The zero-order valence-electron chi connectivity index (χ0n) is 14.5. The highest BCUT2D eigenvalue weighted by Gasteiger charge is 2.12. The van der Waals surface area contributed by atoms with Gasteiger partial charge in [0.1, 0.15) is 0 Å². The first-order valence-corrected chi connectivity index (χ1v) is 10.6. The van der Waals surface area contributed by atoms with Crippen LogP contribution in [0.1, 0.15) is 6.92 Å². The number of nitrogens with one attached hydrogen (secondary N) is 2. The molecule has 0 radical (unpaired) electrons. The minimum atomic E-state index is -0.191. The van der Waals surface area contributed by atoms with Gasteiger partial charge in [0.2, 0.25) is 17.7 Å². The SMILES string of the molecule is CC(=O)Nc1ccc(-c2nnc(SCC(=O)Nc3cc(Br)ccc3Br)o2)cc1. The van der Waals surface area contributed by atoms with Gasteiger partial charge in [0, 0.05) is 27.1 Å². The average Bonchev–Trinajstić information content (AvgIpc) is 3.12. The Balaban J connectivity index is 1.58. The van der Waals surface area contributed by atoms with Crippen molar-refractivity contribution in [1.29, 1.82) is 0 Å². The van der Waals surface area contributed by atoms with Gasteiger partial charge in [0.15, 0.2) is 0 Å². The number of nitrogens with zero attached hydrogens (tertiary/aromatic N) is 2. The molecule has 0 saturated heterocycles. The molecule has 0 bridgehead atoms. The van der Waals surface area contributed by atoms with Gasteiger partial charge < -0.3 is 15.1 Å². The van der Waals surface area contributed by atoms with Crippen molar-refractivity contribution in [3.63, 3.8) is 0 Å². The predicted octanol–water partition coefficient (Wildman–Crippen LogP) is 4.95. The highest BCUT2D eigenvalue weighted by atomic mass is 79.9. The number of halogens is 2. The number of anilines is 2. The van der Waals surface area contributed by atoms with Gasteiger partial charge in [-0.1, -0.05) is 27.7 Å². The van der Waals surface area contributed by atoms with Crippen LogP contribution in [0.2, 0.25) is 0 Å². The summed E-state index contributed by atoms with van der Waals surface area (Å²) in [5.74, 6) is 0.134. The van der Waals surface area contributed by atoms with Gasteiger partial charge in [-0.05, 0) is 58.4 Å². The van der Waals surface area contributed by atoms with Gasteiger partial charge in [-0.25, -0.2) is 0 Å². The fraction of sp³-hybridized carbons (Fsp3) is 0.111. The minimum Gasteiger partial charge on any atom is -0.411 e. The molecule has 0 aliphatic heterocycles. The van der Waals surface area contributed by atoms with Crippen LogP contribution in [0.25, 0.3) is 11.5 Å². The molecule has 0 aliphatic rings. The number of carbonyl (C=O) groups excluding carboxylic acids is 2. The zero-order valence-corrected chi connectivity index (χ0v) is 18.5. The second-order valence-corrected chi connectivity index (χ2v) is 8.29. The van der Waals surface area contributed by atoms with Gasteiger partial charge in [-0.2, -0.15) is 0 Å². The normalized spacial score (nSPS) is 10.5. The van der Waals surface area contributed by atoms with E-state index in [9.17, 15) is 9.59 Å². The molecule has 10 heteroatoms. The Morgan fingerprint density at radius 3 is 2.54 bits per heavy atom. The fourth-order valence-corrected chi connectivity index (χ4v) is 3.46. The van der Waals surface area contributed by atoms with Crippen molar-refractivity contribution in [3.05, 3.63) is 51.4 Å². The molecule has 0 atom stereocenters. The summed E-state index contributed by atoms with van der Waals surface area (Å²) in [6, 6.07) is 12.6. The van der Waals surface area contributed by atoms with Gasteiger partial charge in [0.25, 0.3) is 5.22 Å². The molecule has 28 heavy (non-hydrogen) atoms. The van der Waals surface area contributed by atoms with Crippen LogP contribution in [0.3, 0.4) is 0 Å². The second-order valence-electron chi connectivity index (χ2n) is 5.59. The van der Waals surface area contributed by atoms with Crippen LogP contribution < -0.4 is 10.6 Å². The van der Waals surface area contributed by atoms with E-state index < -0.39 is 0 Å². The molecule has 2 aromatic carbocycles. The molecular weight excluding hydrogens is 512 g/mol. The van der Waals surface area contributed by atoms with Crippen molar-refractivity contribution >= 4 is 66.8 Å². The van der Waals surface area contributed by atoms with E-state index in [-0.39, 0.29) is 17.6 Å². The van der Waals surface area contributed by atoms with Gasteiger partial charge in [-0.15, -0.1) is 10.2 Å². The topological polar surface area (TPSA) is 97.1 Å². The van der Waals surface area contributed by atoms with E-state index in [0.29, 0.717) is 22.5 Å². The molecule has 2 N–H and O–H groups in total. The molecule has 0 unspecified atom stereocenters. The number of hydrogen-bond acceptors (Lipinski definition) is 6. The molecule has 0 aliphatic carbocycles. The summed E-state index contributed by atoms with van der Waals surface area (Å²) in [5.41, 5.74) is 2.07. The lowest BCUT2D eigenvalue weighted by Crippen LogP contribution is -2.14. The van der Waals surface area contributed by atoms with E-state index in [1.165, 1.54) is 6.92 Å². The molecule has 3 rings (SSSR count). The largest absolute Gasteiger partial charge is 0.411 e. The van der Waals surface area contributed by atoms with Crippen molar-refractivity contribution in [2.24, 2.45) is 0 Å². The van der Waals surface area contributed by atoms with Gasteiger partial charge in [0.05, 0.1) is 11.4 Å². The lowest BCUT2D eigenvalue weighted by atomic mass is 10.2. The Hall–Kier alpha value is -2.17. The molecule has 3 aromatic rings.